The van der Waals surface area contributed by atoms with Gasteiger partial charge < -0.3 is 9.47 Å². The van der Waals surface area contributed by atoms with Gasteiger partial charge in [0.2, 0.25) is 0 Å². The van der Waals surface area contributed by atoms with E-state index >= 15 is 0 Å². The molecule has 1 spiro atoms. The summed E-state index contributed by atoms with van der Waals surface area (Å²) >= 11 is 0. The Kier molecular flexibility index (Phi) is 4.15. The number of benzene rings is 1. The number of esters is 1. The van der Waals surface area contributed by atoms with Gasteiger partial charge in [0.1, 0.15) is 5.69 Å². The molecule has 1 heterocycles. The average Bonchev–Trinajstić information content (AvgIpc) is 2.83. The minimum Gasteiger partial charge on any atom is -0.423 e. The number of rotatable bonds is 2. The van der Waals surface area contributed by atoms with Gasteiger partial charge in [0, 0.05) is 6.07 Å². The maximum Gasteiger partial charge on any atom is 0.416 e. The number of nitrogens with zero attached hydrogens (tertiary/aromatic N) is 2. The van der Waals surface area contributed by atoms with E-state index in [-0.39, 0.29) is 11.4 Å². The van der Waals surface area contributed by atoms with Gasteiger partial charge in [-0.15, -0.1) is 0 Å². The van der Waals surface area contributed by atoms with Crippen LogP contribution in [0, 0.1) is 10.1 Å². The van der Waals surface area contributed by atoms with Crippen molar-refractivity contribution < 1.29 is 32.4 Å². The molecule has 26 heavy (non-hydrogen) atoms. The maximum atomic E-state index is 12.7. The van der Waals surface area contributed by atoms with Crippen molar-refractivity contribution in [3.63, 3.8) is 0 Å². The molecule has 1 atom stereocenters. The summed E-state index contributed by atoms with van der Waals surface area (Å²) in [5, 5.41) is 11.1. The standard InChI is InChI=1S/C16H11F3N2O5/c1-9-14(22)26-15(25-9)6-4-11(5-7-15)20-12-3-2-10(16(17,18)19)8-13(12)21(23)24/h2-9H,1H3. The van der Waals surface area contributed by atoms with Crippen molar-refractivity contribution in [2.24, 2.45) is 4.99 Å². The highest BCUT2D eigenvalue weighted by molar-refractivity contribution is 6.07. The summed E-state index contributed by atoms with van der Waals surface area (Å²) in [7, 11) is 0. The molecule has 7 nitrogen and oxygen atoms in total. The van der Waals surface area contributed by atoms with Gasteiger partial charge in [-0.05, 0) is 43.4 Å². The number of allylic oxidation sites excluding steroid dienone is 2. The highest BCUT2D eigenvalue weighted by atomic mass is 19.4. The summed E-state index contributed by atoms with van der Waals surface area (Å²) < 4.78 is 48.6. The lowest BCUT2D eigenvalue weighted by Crippen LogP contribution is -2.27. The number of nitro benzene ring substituents is 1. The number of alkyl halides is 3. The average molecular weight is 368 g/mol. The lowest BCUT2D eigenvalue weighted by Gasteiger charge is -2.21. The summed E-state index contributed by atoms with van der Waals surface area (Å²) in [5.41, 5.74) is -1.92. The number of carbonyl (C=O) groups excluding carboxylic acids is 1. The maximum absolute atomic E-state index is 12.7. The second-order valence-corrected chi connectivity index (χ2v) is 5.56. The van der Waals surface area contributed by atoms with Crippen molar-refractivity contribution in [3.05, 3.63) is 58.2 Å². The van der Waals surface area contributed by atoms with Crippen LogP contribution < -0.4 is 0 Å². The predicted molar refractivity (Wildman–Crippen MR) is 82.8 cm³/mol. The Morgan fingerprint density at radius 2 is 1.92 bits per heavy atom. The largest absolute Gasteiger partial charge is 0.423 e. The molecule has 0 amide bonds. The van der Waals surface area contributed by atoms with Crippen LogP contribution in [0.4, 0.5) is 24.5 Å². The van der Waals surface area contributed by atoms with E-state index in [2.05, 4.69) is 4.99 Å². The molecular weight excluding hydrogens is 357 g/mol. The molecule has 136 valence electrons. The van der Waals surface area contributed by atoms with Crippen molar-refractivity contribution >= 4 is 23.1 Å². The first-order valence-corrected chi connectivity index (χ1v) is 7.33. The SMILES string of the molecule is CC1OC2(C=CC(=Nc3ccc(C(F)(F)F)cc3[N+](=O)[O-])C=C2)OC1=O. The summed E-state index contributed by atoms with van der Waals surface area (Å²) in [5.74, 6) is -1.90. The molecule has 1 aliphatic heterocycles. The van der Waals surface area contributed by atoms with Crippen LogP contribution in [-0.2, 0) is 20.4 Å². The second-order valence-electron chi connectivity index (χ2n) is 5.56. The zero-order valence-electron chi connectivity index (χ0n) is 13.2. The van der Waals surface area contributed by atoms with Gasteiger partial charge >= 0.3 is 12.1 Å². The third kappa shape index (κ3) is 3.36. The van der Waals surface area contributed by atoms with Crippen molar-refractivity contribution in [3.8, 4) is 0 Å². The highest BCUT2D eigenvalue weighted by Crippen LogP contribution is 2.37. The van der Waals surface area contributed by atoms with Crippen LogP contribution in [0.2, 0.25) is 0 Å². The Hall–Kier alpha value is -3.01. The first-order chi connectivity index (χ1) is 12.1. The zero-order chi connectivity index (χ0) is 19.1. The molecule has 2 aliphatic rings. The molecule has 1 saturated heterocycles. The van der Waals surface area contributed by atoms with E-state index in [9.17, 15) is 28.1 Å². The van der Waals surface area contributed by atoms with E-state index in [0.717, 1.165) is 6.07 Å². The number of hydrogen-bond acceptors (Lipinski definition) is 6. The topological polar surface area (TPSA) is 91.0 Å². The molecule has 0 bridgehead atoms. The fraction of sp³-hybridized carbons (Fsp3) is 0.250. The lowest BCUT2D eigenvalue weighted by atomic mass is 10.1. The smallest absolute Gasteiger partial charge is 0.416 e. The molecular formula is C16H11F3N2O5. The van der Waals surface area contributed by atoms with Gasteiger partial charge in [0.25, 0.3) is 11.5 Å². The van der Waals surface area contributed by atoms with Gasteiger partial charge in [-0.1, -0.05) is 0 Å². The molecule has 0 saturated carbocycles. The van der Waals surface area contributed by atoms with E-state index in [4.69, 9.17) is 9.47 Å². The Morgan fingerprint density at radius 1 is 1.27 bits per heavy atom. The molecule has 1 aromatic rings. The first-order valence-electron chi connectivity index (χ1n) is 7.33. The molecule has 1 aromatic carbocycles. The van der Waals surface area contributed by atoms with Crippen LogP contribution >= 0.6 is 0 Å². The van der Waals surface area contributed by atoms with Gasteiger partial charge in [-0.3, -0.25) is 10.1 Å². The van der Waals surface area contributed by atoms with Gasteiger partial charge in [0.15, 0.2) is 6.10 Å². The lowest BCUT2D eigenvalue weighted by molar-refractivity contribution is -0.384. The third-order valence-corrected chi connectivity index (χ3v) is 3.67. The highest BCUT2D eigenvalue weighted by Gasteiger charge is 2.43. The van der Waals surface area contributed by atoms with E-state index in [0.29, 0.717) is 12.1 Å². The van der Waals surface area contributed by atoms with Crippen LogP contribution in [-0.4, -0.2) is 28.5 Å². The zero-order valence-corrected chi connectivity index (χ0v) is 13.2. The fourth-order valence-electron chi connectivity index (χ4n) is 2.40. The van der Waals surface area contributed by atoms with Crippen molar-refractivity contribution in [1.29, 1.82) is 0 Å². The van der Waals surface area contributed by atoms with Crippen molar-refractivity contribution in [2.45, 2.75) is 25.0 Å². The number of ether oxygens (including phenoxy) is 2. The summed E-state index contributed by atoms with van der Waals surface area (Å²) in [6, 6.07) is 2.07. The van der Waals surface area contributed by atoms with Crippen LogP contribution in [0.5, 0.6) is 0 Å². The number of hydrogen-bond donors (Lipinski definition) is 0. The van der Waals surface area contributed by atoms with E-state index in [1.807, 2.05) is 0 Å². The molecule has 0 radical (unpaired) electrons. The monoisotopic (exact) mass is 368 g/mol. The van der Waals surface area contributed by atoms with Crippen molar-refractivity contribution in [2.75, 3.05) is 0 Å². The third-order valence-electron chi connectivity index (χ3n) is 3.67. The molecule has 1 fully saturated rings. The molecule has 3 rings (SSSR count). The number of carbonyl (C=O) groups is 1. The quantitative estimate of drug-likeness (QED) is 0.453. The number of nitro groups is 1. The Morgan fingerprint density at radius 3 is 2.42 bits per heavy atom. The van der Waals surface area contributed by atoms with Crippen molar-refractivity contribution in [1.82, 2.24) is 0 Å². The normalized spacial score (nSPS) is 24.8. The van der Waals surface area contributed by atoms with E-state index < -0.39 is 40.2 Å². The van der Waals surface area contributed by atoms with Crippen LogP contribution in [0.15, 0.2) is 47.5 Å². The Bertz CT molecular complexity index is 857. The summed E-state index contributed by atoms with van der Waals surface area (Å²) in [6.07, 6.45) is 0.123. The predicted octanol–water partition coefficient (Wildman–Crippen LogP) is 3.47. The minimum absolute atomic E-state index is 0.220. The second kappa shape index (κ2) is 6.06. The minimum atomic E-state index is -4.70. The summed E-state index contributed by atoms with van der Waals surface area (Å²) in [6.45, 7) is 1.52. The molecule has 10 heteroatoms. The molecule has 1 unspecified atom stereocenters. The van der Waals surface area contributed by atoms with Gasteiger partial charge in [-0.2, -0.15) is 13.2 Å². The van der Waals surface area contributed by atoms with Gasteiger partial charge in [0.05, 0.1) is 16.2 Å². The fourth-order valence-corrected chi connectivity index (χ4v) is 2.40. The number of halogens is 3. The summed E-state index contributed by atoms with van der Waals surface area (Å²) in [4.78, 5) is 25.6. The van der Waals surface area contributed by atoms with Crippen LogP contribution in [0.1, 0.15) is 12.5 Å². The number of aliphatic imine (C=N–C) groups is 1. The molecule has 0 N–H and O–H groups in total. The van der Waals surface area contributed by atoms with E-state index in [1.54, 1.807) is 0 Å². The van der Waals surface area contributed by atoms with Gasteiger partial charge in [-0.25, -0.2) is 9.79 Å². The van der Waals surface area contributed by atoms with Crippen LogP contribution in [0.3, 0.4) is 0 Å². The van der Waals surface area contributed by atoms with Crippen LogP contribution in [0.25, 0.3) is 0 Å². The molecule has 1 aliphatic carbocycles. The van der Waals surface area contributed by atoms with E-state index in [1.165, 1.54) is 31.2 Å². The Balaban J connectivity index is 1.91. The first kappa shape index (κ1) is 17.8. The Labute approximate surface area is 144 Å². The molecule has 0 aromatic heterocycles.